The molecule has 1 aliphatic rings. The van der Waals surface area contributed by atoms with E-state index in [-0.39, 0.29) is 11.9 Å². The molecule has 0 spiro atoms. The second-order valence-corrected chi connectivity index (χ2v) is 4.24. The van der Waals surface area contributed by atoms with Crippen LogP contribution in [0.5, 0.6) is 0 Å². The smallest absolute Gasteiger partial charge is 0.326 e. The van der Waals surface area contributed by atoms with Crippen LogP contribution in [-0.2, 0) is 9.59 Å². The van der Waals surface area contributed by atoms with Crippen LogP contribution in [0, 0.1) is 0 Å². The van der Waals surface area contributed by atoms with Crippen molar-refractivity contribution < 1.29 is 14.7 Å². The zero-order valence-electron chi connectivity index (χ0n) is 9.66. The third kappa shape index (κ3) is 4.18. The van der Waals surface area contributed by atoms with Crippen molar-refractivity contribution >= 4 is 11.9 Å². The number of aliphatic carboxylic acids is 1. The highest BCUT2D eigenvalue weighted by Gasteiger charge is 2.22. The van der Waals surface area contributed by atoms with Gasteiger partial charge in [0.25, 0.3) is 0 Å². The van der Waals surface area contributed by atoms with Crippen LogP contribution in [-0.4, -0.2) is 35.6 Å². The molecule has 0 aromatic carbocycles. The summed E-state index contributed by atoms with van der Waals surface area (Å²) in [4.78, 5) is 22.4. The molecule has 5 heteroatoms. The Labute approximate surface area is 95.6 Å². The second-order valence-electron chi connectivity index (χ2n) is 4.24. The molecule has 0 radical (unpaired) electrons. The Bertz CT molecular complexity index is 250. The summed E-state index contributed by atoms with van der Waals surface area (Å²) in [5.74, 6) is -1.12. The number of carboxylic acids is 1. The van der Waals surface area contributed by atoms with Crippen LogP contribution in [0.25, 0.3) is 0 Å². The van der Waals surface area contributed by atoms with Crippen LogP contribution in [0.4, 0.5) is 0 Å². The molecule has 92 valence electrons. The van der Waals surface area contributed by atoms with Gasteiger partial charge in [-0.15, -0.1) is 0 Å². The van der Waals surface area contributed by atoms with Gasteiger partial charge in [0.1, 0.15) is 6.04 Å². The maximum atomic E-state index is 11.6. The van der Waals surface area contributed by atoms with Crippen LogP contribution < -0.4 is 10.6 Å². The quantitative estimate of drug-likeness (QED) is 0.618. The van der Waals surface area contributed by atoms with Crippen molar-refractivity contribution in [2.45, 2.75) is 51.1 Å². The van der Waals surface area contributed by atoms with E-state index >= 15 is 0 Å². The Morgan fingerprint density at radius 2 is 2.31 bits per heavy atom. The van der Waals surface area contributed by atoms with Crippen molar-refractivity contribution in [2.75, 3.05) is 6.54 Å². The molecule has 2 atom stereocenters. The topological polar surface area (TPSA) is 78.4 Å². The zero-order valence-corrected chi connectivity index (χ0v) is 9.66. The number of rotatable bonds is 6. The van der Waals surface area contributed by atoms with E-state index in [9.17, 15) is 9.59 Å². The number of hydrogen-bond acceptors (Lipinski definition) is 3. The minimum atomic E-state index is -0.949. The first-order valence-corrected chi connectivity index (χ1v) is 5.89. The normalized spacial score (nSPS) is 21.7. The van der Waals surface area contributed by atoms with Gasteiger partial charge in [-0.05, 0) is 25.8 Å². The van der Waals surface area contributed by atoms with Crippen LogP contribution in [0.1, 0.15) is 39.0 Å². The van der Waals surface area contributed by atoms with E-state index < -0.39 is 12.0 Å². The standard InChI is InChI=1S/C11H20N2O3/c1-2-4-9(11(15)16)13-10(14)7-8-5-3-6-12-8/h8-9,12H,2-7H2,1H3,(H,13,14)(H,15,16)/t8?,9-/m0/s1. The molecule has 1 rings (SSSR count). The average Bonchev–Trinajstić information content (AvgIpc) is 2.69. The number of hydrogen-bond donors (Lipinski definition) is 3. The minimum absolute atomic E-state index is 0.166. The van der Waals surface area contributed by atoms with Crippen LogP contribution in [0.2, 0.25) is 0 Å². The SMILES string of the molecule is CCC[C@H](NC(=O)CC1CCCN1)C(=O)O. The molecule has 1 amide bonds. The molecule has 16 heavy (non-hydrogen) atoms. The zero-order chi connectivity index (χ0) is 12.0. The number of nitrogens with one attached hydrogen (secondary N) is 2. The van der Waals surface area contributed by atoms with Crippen LogP contribution in [0.15, 0.2) is 0 Å². The van der Waals surface area contributed by atoms with Gasteiger partial charge in [-0.2, -0.15) is 0 Å². The fourth-order valence-electron chi connectivity index (χ4n) is 1.95. The Hall–Kier alpha value is -1.10. The van der Waals surface area contributed by atoms with Crippen molar-refractivity contribution in [1.82, 2.24) is 10.6 Å². The van der Waals surface area contributed by atoms with Crippen LogP contribution in [0.3, 0.4) is 0 Å². The van der Waals surface area contributed by atoms with Gasteiger partial charge in [0.05, 0.1) is 0 Å². The predicted molar refractivity (Wildman–Crippen MR) is 60.1 cm³/mol. The summed E-state index contributed by atoms with van der Waals surface area (Å²) in [5.41, 5.74) is 0. The molecule has 5 nitrogen and oxygen atoms in total. The molecule has 0 aromatic heterocycles. The second kappa shape index (κ2) is 6.48. The molecule has 0 aromatic rings. The van der Waals surface area contributed by atoms with E-state index in [4.69, 9.17) is 5.11 Å². The molecular weight excluding hydrogens is 208 g/mol. The van der Waals surface area contributed by atoms with Crippen molar-refractivity contribution in [1.29, 1.82) is 0 Å². The number of carbonyl (C=O) groups is 2. The number of amides is 1. The highest BCUT2D eigenvalue weighted by Crippen LogP contribution is 2.08. The largest absolute Gasteiger partial charge is 0.480 e. The molecule has 1 heterocycles. The fraction of sp³-hybridized carbons (Fsp3) is 0.818. The Morgan fingerprint density at radius 1 is 1.56 bits per heavy atom. The van der Waals surface area contributed by atoms with E-state index in [0.29, 0.717) is 12.8 Å². The lowest BCUT2D eigenvalue weighted by atomic mass is 10.1. The summed E-state index contributed by atoms with van der Waals surface area (Å²) in [5, 5.41) is 14.7. The van der Waals surface area contributed by atoms with Crippen molar-refractivity contribution in [2.24, 2.45) is 0 Å². The van der Waals surface area contributed by atoms with E-state index in [1.165, 1.54) is 0 Å². The first-order chi connectivity index (χ1) is 7.63. The van der Waals surface area contributed by atoms with Gasteiger partial charge in [-0.25, -0.2) is 4.79 Å². The minimum Gasteiger partial charge on any atom is -0.480 e. The van der Waals surface area contributed by atoms with Crippen LogP contribution >= 0.6 is 0 Å². The van der Waals surface area contributed by atoms with E-state index in [1.807, 2.05) is 6.92 Å². The highest BCUT2D eigenvalue weighted by molar-refractivity contribution is 5.83. The lowest BCUT2D eigenvalue weighted by Crippen LogP contribution is -2.42. The molecule has 1 unspecified atom stereocenters. The summed E-state index contributed by atoms with van der Waals surface area (Å²) in [6, 6.07) is -0.519. The maximum absolute atomic E-state index is 11.6. The van der Waals surface area contributed by atoms with E-state index in [0.717, 1.165) is 25.8 Å². The number of carbonyl (C=O) groups excluding carboxylic acids is 1. The molecule has 3 N–H and O–H groups in total. The van der Waals surface area contributed by atoms with Crippen molar-refractivity contribution in [3.63, 3.8) is 0 Å². The van der Waals surface area contributed by atoms with E-state index in [2.05, 4.69) is 10.6 Å². The summed E-state index contributed by atoms with van der Waals surface area (Å²) in [6.45, 7) is 2.86. The van der Waals surface area contributed by atoms with Crippen molar-refractivity contribution in [3.8, 4) is 0 Å². The van der Waals surface area contributed by atoms with Gasteiger partial charge < -0.3 is 15.7 Å². The Balaban J connectivity index is 2.32. The Kier molecular flexibility index (Phi) is 5.25. The molecule has 0 bridgehead atoms. The first kappa shape index (κ1) is 13.0. The highest BCUT2D eigenvalue weighted by atomic mass is 16.4. The third-order valence-electron chi connectivity index (χ3n) is 2.80. The van der Waals surface area contributed by atoms with E-state index in [1.54, 1.807) is 0 Å². The molecule has 1 fully saturated rings. The lowest BCUT2D eigenvalue weighted by molar-refractivity contribution is -0.142. The number of carboxylic acid groups (broad SMARTS) is 1. The van der Waals surface area contributed by atoms with Gasteiger partial charge in [0.2, 0.25) is 5.91 Å². The summed E-state index contributed by atoms with van der Waals surface area (Å²) < 4.78 is 0. The lowest BCUT2D eigenvalue weighted by Gasteiger charge is -2.15. The molecular formula is C11H20N2O3. The van der Waals surface area contributed by atoms with Gasteiger partial charge >= 0.3 is 5.97 Å². The third-order valence-corrected chi connectivity index (χ3v) is 2.80. The monoisotopic (exact) mass is 228 g/mol. The van der Waals surface area contributed by atoms with Crippen molar-refractivity contribution in [3.05, 3.63) is 0 Å². The van der Waals surface area contributed by atoms with Gasteiger partial charge in [-0.3, -0.25) is 4.79 Å². The van der Waals surface area contributed by atoms with Gasteiger partial charge in [-0.1, -0.05) is 13.3 Å². The fourth-order valence-corrected chi connectivity index (χ4v) is 1.95. The summed E-state index contributed by atoms with van der Waals surface area (Å²) in [7, 11) is 0. The average molecular weight is 228 g/mol. The predicted octanol–water partition coefficient (Wildman–Crippen LogP) is 0.498. The summed E-state index contributed by atoms with van der Waals surface area (Å²) >= 11 is 0. The Morgan fingerprint density at radius 3 is 2.81 bits per heavy atom. The van der Waals surface area contributed by atoms with Gasteiger partial charge in [0.15, 0.2) is 0 Å². The molecule has 0 aliphatic carbocycles. The first-order valence-electron chi connectivity index (χ1n) is 5.89. The molecule has 0 saturated carbocycles. The maximum Gasteiger partial charge on any atom is 0.326 e. The molecule has 1 saturated heterocycles. The summed E-state index contributed by atoms with van der Waals surface area (Å²) in [6.07, 6.45) is 3.71. The molecule has 1 aliphatic heterocycles. The van der Waals surface area contributed by atoms with Gasteiger partial charge in [0, 0.05) is 12.5 Å².